The number of hydrogen-bond donors (Lipinski definition) is 2. The molecule has 9 nitrogen and oxygen atoms in total. The van der Waals surface area contributed by atoms with E-state index in [9.17, 15) is 24.4 Å². The van der Waals surface area contributed by atoms with Gasteiger partial charge in [-0.3, -0.25) is 14.9 Å². The molecule has 150 valence electrons. The van der Waals surface area contributed by atoms with Gasteiger partial charge in [0.15, 0.2) is 0 Å². The van der Waals surface area contributed by atoms with Gasteiger partial charge in [0.05, 0.1) is 11.0 Å². The minimum atomic E-state index is -0.992. The number of nitro groups is 1. The lowest BCUT2D eigenvalue weighted by Gasteiger charge is -2.11. The van der Waals surface area contributed by atoms with E-state index in [-0.39, 0.29) is 42.7 Å². The number of halogens is 1. The number of nitro benzene ring substituents is 1. The third-order valence-corrected chi connectivity index (χ3v) is 4.12. The van der Waals surface area contributed by atoms with Crippen molar-refractivity contribution in [3.63, 3.8) is 0 Å². The Kier molecular flexibility index (Phi) is 6.25. The van der Waals surface area contributed by atoms with Crippen LogP contribution >= 0.6 is 0 Å². The van der Waals surface area contributed by atoms with E-state index in [4.69, 9.17) is 4.52 Å². The average molecular weight is 400 g/mol. The van der Waals surface area contributed by atoms with Gasteiger partial charge >= 0.3 is 0 Å². The summed E-state index contributed by atoms with van der Waals surface area (Å²) in [5, 5.41) is 27.1. The minimum Gasteiger partial charge on any atom is -0.387 e. The summed E-state index contributed by atoms with van der Waals surface area (Å²) in [6, 6.07) is 11.1. The van der Waals surface area contributed by atoms with Gasteiger partial charge in [-0.1, -0.05) is 5.16 Å². The quantitative estimate of drug-likeness (QED) is 0.439. The smallest absolute Gasteiger partial charge is 0.269 e. The van der Waals surface area contributed by atoms with Gasteiger partial charge in [-0.25, -0.2) is 4.39 Å². The normalized spacial score (nSPS) is 11.8. The molecule has 0 spiro atoms. The Labute approximate surface area is 164 Å². The van der Waals surface area contributed by atoms with E-state index in [0.717, 1.165) is 0 Å². The van der Waals surface area contributed by atoms with Crippen LogP contribution < -0.4 is 5.32 Å². The fraction of sp³-hybridized carbons (Fsp3) is 0.211. The molecule has 29 heavy (non-hydrogen) atoms. The lowest BCUT2D eigenvalue weighted by Crippen LogP contribution is -2.28. The highest BCUT2D eigenvalue weighted by Crippen LogP contribution is 2.18. The predicted octanol–water partition coefficient (Wildman–Crippen LogP) is 2.57. The maximum absolute atomic E-state index is 13.0. The molecule has 0 saturated carbocycles. The molecule has 10 heteroatoms. The number of aromatic nitrogens is 2. The van der Waals surface area contributed by atoms with Crippen LogP contribution in [0.2, 0.25) is 0 Å². The number of aliphatic hydroxyl groups excluding tert-OH is 1. The molecule has 0 aliphatic carbocycles. The molecular formula is C19H17FN4O5. The molecule has 2 N–H and O–H groups in total. The minimum absolute atomic E-state index is 0.0404. The van der Waals surface area contributed by atoms with Crippen molar-refractivity contribution in [2.24, 2.45) is 0 Å². The summed E-state index contributed by atoms with van der Waals surface area (Å²) in [6.45, 7) is -0.0404. The standard InChI is InChI=1S/C19H17FN4O5/c20-14-5-1-13(2-6-14)19-22-18(29-23-19)10-9-17(26)21-11-16(25)12-3-7-15(8-4-12)24(27)28/h1-8,16,25H,9-11H2,(H,21,26)/t16-/m1/s1. The van der Waals surface area contributed by atoms with Gasteiger partial charge in [0.2, 0.25) is 17.6 Å². The van der Waals surface area contributed by atoms with Crippen molar-refractivity contribution < 1.29 is 23.7 Å². The van der Waals surface area contributed by atoms with Crippen LogP contribution in [0.4, 0.5) is 10.1 Å². The van der Waals surface area contributed by atoms with Crippen molar-refractivity contribution in [3.8, 4) is 11.4 Å². The number of nitrogens with one attached hydrogen (secondary N) is 1. The largest absolute Gasteiger partial charge is 0.387 e. The molecule has 1 heterocycles. The van der Waals surface area contributed by atoms with E-state index in [1.165, 1.54) is 48.5 Å². The van der Waals surface area contributed by atoms with Gasteiger partial charge < -0.3 is 14.9 Å². The lowest BCUT2D eigenvalue weighted by atomic mass is 10.1. The Morgan fingerprint density at radius 1 is 1.21 bits per heavy atom. The summed E-state index contributed by atoms with van der Waals surface area (Å²) in [5.41, 5.74) is 0.971. The number of carbonyl (C=O) groups excluding carboxylic acids is 1. The Bertz CT molecular complexity index is 989. The number of non-ortho nitro benzene ring substituents is 1. The molecule has 1 amide bonds. The lowest BCUT2D eigenvalue weighted by molar-refractivity contribution is -0.384. The first-order valence-corrected chi connectivity index (χ1v) is 8.70. The highest BCUT2D eigenvalue weighted by Gasteiger charge is 2.14. The third-order valence-electron chi connectivity index (χ3n) is 4.12. The van der Waals surface area contributed by atoms with Crippen molar-refractivity contribution in [1.82, 2.24) is 15.5 Å². The summed E-state index contributed by atoms with van der Waals surface area (Å²) in [5.74, 6) is -0.137. The molecule has 0 bridgehead atoms. The number of amides is 1. The van der Waals surface area contributed by atoms with Gasteiger partial charge in [0.25, 0.3) is 5.69 Å². The zero-order valence-corrected chi connectivity index (χ0v) is 15.1. The van der Waals surface area contributed by atoms with Crippen LogP contribution in [0.15, 0.2) is 53.1 Å². The van der Waals surface area contributed by atoms with Crippen molar-refractivity contribution in [3.05, 3.63) is 75.9 Å². The topological polar surface area (TPSA) is 131 Å². The van der Waals surface area contributed by atoms with Crippen molar-refractivity contribution in [1.29, 1.82) is 0 Å². The molecule has 3 rings (SSSR count). The van der Waals surface area contributed by atoms with Crippen LogP contribution in [0, 0.1) is 15.9 Å². The third kappa shape index (κ3) is 5.42. The average Bonchev–Trinajstić information content (AvgIpc) is 3.20. The fourth-order valence-corrected chi connectivity index (χ4v) is 2.53. The first-order chi connectivity index (χ1) is 13.9. The number of hydrogen-bond acceptors (Lipinski definition) is 7. The highest BCUT2D eigenvalue weighted by atomic mass is 19.1. The SMILES string of the molecule is O=C(CCc1nc(-c2ccc(F)cc2)no1)NC[C@@H](O)c1ccc([N+](=O)[O-])cc1. The number of carbonyl (C=O) groups is 1. The summed E-state index contributed by atoms with van der Waals surface area (Å²) in [6.07, 6.45) is -0.723. The Morgan fingerprint density at radius 2 is 1.90 bits per heavy atom. The van der Waals surface area contributed by atoms with E-state index in [2.05, 4.69) is 15.5 Å². The molecule has 0 radical (unpaired) electrons. The van der Waals surface area contributed by atoms with Gasteiger partial charge in [0, 0.05) is 37.1 Å². The number of aryl methyl sites for hydroxylation is 1. The predicted molar refractivity (Wildman–Crippen MR) is 99.1 cm³/mol. The number of aliphatic hydroxyl groups is 1. The first kappa shape index (κ1) is 20.1. The van der Waals surface area contributed by atoms with Crippen LogP contribution in [0.3, 0.4) is 0 Å². The molecule has 0 unspecified atom stereocenters. The molecule has 1 atom stereocenters. The highest BCUT2D eigenvalue weighted by molar-refractivity contribution is 5.76. The number of benzene rings is 2. The van der Waals surface area contributed by atoms with E-state index < -0.39 is 11.0 Å². The van der Waals surface area contributed by atoms with Crippen LogP contribution in [-0.2, 0) is 11.2 Å². The van der Waals surface area contributed by atoms with Gasteiger partial charge in [-0.2, -0.15) is 4.98 Å². The van der Waals surface area contributed by atoms with Crippen molar-refractivity contribution in [2.45, 2.75) is 18.9 Å². The molecule has 0 aliphatic rings. The van der Waals surface area contributed by atoms with Crippen LogP contribution in [0.25, 0.3) is 11.4 Å². The summed E-state index contributed by atoms with van der Waals surface area (Å²) < 4.78 is 18.0. The zero-order chi connectivity index (χ0) is 20.8. The van der Waals surface area contributed by atoms with Gasteiger partial charge in [0.1, 0.15) is 5.82 Å². The summed E-state index contributed by atoms with van der Waals surface area (Å²) in [4.78, 5) is 26.2. The zero-order valence-electron chi connectivity index (χ0n) is 15.1. The van der Waals surface area contributed by atoms with E-state index in [1.54, 1.807) is 0 Å². The first-order valence-electron chi connectivity index (χ1n) is 8.70. The molecule has 3 aromatic rings. The fourth-order valence-electron chi connectivity index (χ4n) is 2.53. The van der Waals surface area contributed by atoms with Crippen LogP contribution in [-0.4, -0.2) is 32.6 Å². The summed E-state index contributed by atoms with van der Waals surface area (Å²) >= 11 is 0. The van der Waals surface area contributed by atoms with Crippen molar-refractivity contribution in [2.75, 3.05) is 6.54 Å². The second-order valence-corrected chi connectivity index (χ2v) is 6.19. The van der Waals surface area contributed by atoms with E-state index in [0.29, 0.717) is 17.0 Å². The maximum atomic E-state index is 13.0. The number of rotatable bonds is 8. The van der Waals surface area contributed by atoms with Crippen molar-refractivity contribution >= 4 is 11.6 Å². The summed E-state index contributed by atoms with van der Waals surface area (Å²) in [7, 11) is 0. The monoisotopic (exact) mass is 400 g/mol. The van der Waals surface area contributed by atoms with Gasteiger partial charge in [-0.15, -0.1) is 0 Å². The van der Waals surface area contributed by atoms with Crippen LogP contribution in [0.1, 0.15) is 24.0 Å². The molecular weight excluding hydrogens is 383 g/mol. The van der Waals surface area contributed by atoms with Crippen LogP contribution in [0.5, 0.6) is 0 Å². The Hall–Kier alpha value is -3.66. The molecule has 0 fully saturated rings. The van der Waals surface area contributed by atoms with E-state index in [1.807, 2.05) is 0 Å². The van der Waals surface area contributed by atoms with E-state index >= 15 is 0 Å². The molecule has 2 aromatic carbocycles. The molecule has 0 aliphatic heterocycles. The second kappa shape index (κ2) is 9.02. The maximum Gasteiger partial charge on any atom is 0.269 e. The Balaban J connectivity index is 1.46. The molecule has 1 aromatic heterocycles. The second-order valence-electron chi connectivity index (χ2n) is 6.19. The molecule has 0 saturated heterocycles. The number of nitrogens with zero attached hydrogens (tertiary/aromatic N) is 3. The Morgan fingerprint density at radius 3 is 2.55 bits per heavy atom. The van der Waals surface area contributed by atoms with Gasteiger partial charge in [-0.05, 0) is 42.0 Å².